The topological polar surface area (TPSA) is 59.9 Å². The van der Waals surface area contributed by atoms with E-state index in [0.29, 0.717) is 11.5 Å². The van der Waals surface area contributed by atoms with Crippen LogP contribution in [0.2, 0.25) is 0 Å². The highest BCUT2D eigenvalue weighted by Gasteiger charge is 2.06. The van der Waals surface area contributed by atoms with Gasteiger partial charge in [0.1, 0.15) is 11.5 Å². The Balaban J connectivity index is 1.65. The predicted octanol–water partition coefficient (Wildman–Crippen LogP) is 4.14. The van der Waals surface area contributed by atoms with E-state index in [1.807, 2.05) is 48.5 Å². The standard InChI is InChI=1S/C20H17BrN2O3/c1-25-19-11-6-14-4-2-3-5-17(14)18(19)12-22-23-20(24)13-26-16-9-7-15(21)8-10-16/h2-12H,13H2,1H3,(H,23,24)/b22-12-. The second-order valence-corrected chi connectivity index (χ2v) is 6.35. The summed E-state index contributed by atoms with van der Waals surface area (Å²) in [6.07, 6.45) is 1.58. The van der Waals surface area contributed by atoms with Crippen molar-refractivity contribution in [3.8, 4) is 11.5 Å². The molecule has 0 aliphatic heterocycles. The zero-order valence-corrected chi connectivity index (χ0v) is 15.7. The van der Waals surface area contributed by atoms with Gasteiger partial charge in [-0.1, -0.05) is 46.3 Å². The van der Waals surface area contributed by atoms with Crippen molar-refractivity contribution < 1.29 is 14.3 Å². The average molecular weight is 413 g/mol. The van der Waals surface area contributed by atoms with Crippen molar-refractivity contribution in [2.45, 2.75) is 0 Å². The summed E-state index contributed by atoms with van der Waals surface area (Å²) >= 11 is 3.35. The van der Waals surface area contributed by atoms with E-state index in [1.165, 1.54) is 0 Å². The fraction of sp³-hybridized carbons (Fsp3) is 0.100. The van der Waals surface area contributed by atoms with Crippen LogP contribution in [0.15, 0.2) is 70.2 Å². The summed E-state index contributed by atoms with van der Waals surface area (Å²) in [6, 6.07) is 19.0. The highest BCUT2D eigenvalue weighted by molar-refractivity contribution is 9.10. The minimum atomic E-state index is -0.344. The molecule has 0 aromatic heterocycles. The lowest BCUT2D eigenvalue weighted by Gasteiger charge is -2.08. The van der Waals surface area contributed by atoms with E-state index in [4.69, 9.17) is 9.47 Å². The Hall–Kier alpha value is -2.86. The smallest absolute Gasteiger partial charge is 0.277 e. The Labute approximate surface area is 159 Å². The third-order valence-corrected chi connectivity index (χ3v) is 4.25. The zero-order valence-electron chi connectivity index (χ0n) is 14.1. The number of nitrogens with one attached hydrogen (secondary N) is 1. The Morgan fingerprint density at radius 2 is 1.88 bits per heavy atom. The average Bonchev–Trinajstić information content (AvgIpc) is 2.67. The number of ether oxygens (including phenoxy) is 2. The van der Waals surface area contributed by atoms with Crippen LogP contribution in [0, 0.1) is 0 Å². The van der Waals surface area contributed by atoms with Crippen LogP contribution in [0.1, 0.15) is 5.56 Å². The van der Waals surface area contributed by atoms with Crippen molar-refractivity contribution in [2.24, 2.45) is 5.10 Å². The van der Waals surface area contributed by atoms with Gasteiger partial charge in [-0.25, -0.2) is 5.43 Å². The molecule has 0 heterocycles. The maximum Gasteiger partial charge on any atom is 0.277 e. The molecule has 0 bridgehead atoms. The molecule has 0 unspecified atom stereocenters. The van der Waals surface area contributed by atoms with Crippen molar-refractivity contribution in [1.29, 1.82) is 0 Å². The monoisotopic (exact) mass is 412 g/mol. The van der Waals surface area contributed by atoms with Gasteiger partial charge >= 0.3 is 0 Å². The van der Waals surface area contributed by atoms with E-state index in [1.54, 1.807) is 25.5 Å². The molecule has 26 heavy (non-hydrogen) atoms. The number of methoxy groups -OCH3 is 1. The van der Waals surface area contributed by atoms with Gasteiger partial charge in [-0.2, -0.15) is 5.10 Å². The van der Waals surface area contributed by atoms with Gasteiger partial charge in [0.2, 0.25) is 0 Å². The van der Waals surface area contributed by atoms with Gasteiger partial charge in [0, 0.05) is 10.0 Å². The molecule has 0 aliphatic carbocycles. The molecule has 0 fully saturated rings. The van der Waals surface area contributed by atoms with E-state index in [0.717, 1.165) is 20.8 Å². The van der Waals surface area contributed by atoms with Crippen molar-refractivity contribution >= 4 is 38.8 Å². The Morgan fingerprint density at radius 1 is 1.12 bits per heavy atom. The van der Waals surface area contributed by atoms with E-state index in [2.05, 4.69) is 26.5 Å². The molecule has 3 rings (SSSR count). The number of fused-ring (bicyclic) bond motifs is 1. The van der Waals surface area contributed by atoms with Crippen LogP contribution < -0.4 is 14.9 Å². The number of hydrogen-bond acceptors (Lipinski definition) is 4. The van der Waals surface area contributed by atoms with Crippen LogP contribution in [0.25, 0.3) is 10.8 Å². The fourth-order valence-corrected chi connectivity index (χ4v) is 2.73. The quantitative estimate of drug-likeness (QED) is 0.488. The maximum atomic E-state index is 11.9. The van der Waals surface area contributed by atoms with Gasteiger partial charge in [-0.15, -0.1) is 0 Å². The number of benzene rings is 3. The molecule has 0 aliphatic rings. The van der Waals surface area contributed by atoms with Gasteiger partial charge in [-0.05, 0) is 41.1 Å². The summed E-state index contributed by atoms with van der Waals surface area (Å²) in [5.41, 5.74) is 3.27. The third-order valence-electron chi connectivity index (χ3n) is 3.72. The van der Waals surface area contributed by atoms with E-state index >= 15 is 0 Å². The first kappa shape index (κ1) is 17.9. The summed E-state index contributed by atoms with van der Waals surface area (Å²) in [5, 5.41) is 6.10. The van der Waals surface area contributed by atoms with Crippen molar-refractivity contribution in [1.82, 2.24) is 5.43 Å². The van der Waals surface area contributed by atoms with Crippen molar-refractivity contribution in [3.05, 3.63) is 70.7 Å². The third kappa shape index (κ3) is 4.40. The normalized spacial score (nSPS) is 10.8. The minimum absolute atomic E-state index is 0.119. The minimum Gasteiger partial charge on any atom is -0.496 e. The zero-order chi connectivity index (χ0) is 18.4. The predicted molar refractivity (Wildman–Crippen MR) is 106 cm³/mol. The number of rotatable bonds is 6. The molecule has 1 N–H and O–H groups in total. The molecule has 1 amide bonds. The van der Waals surface area contributed by atoms with E-state index in [9.17, 15) is 4.79 Å². The van der Waals surface area contributed by atoms with Gasteiger partial charge < -0.3 is 9.47 Å². The number of halogens is 1. The molecular weight excluding hydrogens is 396 g/mol. The lowest BCUT2D eigenvalue weighted by Crippen LogP contribution is -2.24. The van der Waals surface area contributed by atoms with Crippen LogP contribution in [0.3, 0.4) is 0 Å². The van der Waals surface area contributed by atoms with Gasteiger partial charge in [0.05, 0.1) is 13.3 Å². The molecule has 0 saturated carbocycles. The number of hydrazone groups is 1. The molecule has 5 nitrogen and oxygen atoms in total. The van der Waals surface area contributed by atoms with Crippen molar-refractivity contribution in [2.75, 3.05) is 13.7 Å². The number of amides is 1. The summed E-state index contributed by atoms with van der Waals surface area (Å²) in [4.78, 5) is 11.9. The Morgan fingerprint density at radius 3 is 2.65 bits per heavy atom. The summed E-state index contributed by atoms with van der Waals surface area (Å²) in [5.74, 6) is 0.958. The van der Waals surface area contributed by atoms with Crippen LogP contribution in [-0.2, 0) is 4.79 Å². The molecule has 132 valence electrons. The van der Waals surface area contributed by atoms with E-state index < -0.39 is 0 Å². The number of nitrogens with zero attached hydrogens (tertiary/aromatic N) is 1. The first-order valence-corrected chi connectivity index (χ1v) is 8.72. The highest BCUT2D eigenvalue weighted by Crippen LogP contribution is 2.26. The molecular formula is C20H17BrN2O3. The second kappa shape index (κ2) is 8.49. The Kier molecular flexibility index (Phi) is 5.86. The molecule has 0 saturated heterocycles. The van der Waals surface area contributed by atoms with Gasteiger partial charge in [-0.3, -0.25) is 4.79 Å². The second-order valence-electron chi connectivity index (χ2n) is 5.44. The largest absolute Gasteiger partial charge is 0.496 e. The van der Waals surface area contributed by atoms with Gasteiger partial charge in [0.25, 0.3) is 5.91 Å². The molecule has 3 aromatic rings. The van der Waals surface area contributed by atoms with Crippen molar-refractivity contribution in [3.63, 3.8) is 0 Å². The number of carbonyl (C=O) groups is 1. The lowest BCUT2D eigenvalue weighted by atomic mass is 10.0. The first-order chi connectivity index (χ1) is 12.7. The highest BCUT2D eigenvalue weighted by atomic mass is 79.9. The number of carbonyl (C=O) groups excluding carboxylic acids is 1. The fourth-order valence-electron chi connectivity index (χ4n) is 2.47. The van der Waals surface area contributed by atoms with Crippen LogP contribution in [-0.4, -0.2) is 25.8 Å². The lowest BCUT2D eigenvalue weighted by molar-refractivity contribution is -0.123. The van der Waals surface area contributed by atoms with Gasteiger partial charge in [0.15, 0.2) is 6.61 Å². The molecule has 3 aromatic carbocycles. The van der Waals surface area contributed by atoms with E-state index in [-0.39, 0.29) is 12.5 Å². The summed E-state index contributed by atoms with van der Waals surface area (Å²) in [6.45, 7) is -0.119. The SMILES string of the molecule is COc1ccc2ccccc2c1/C=N\NC(=O)COc1ccc(Br)cc1. The van der Waals surface area contributed by atoms with Crippen LogP contribution >= 0.6 is 15.9 Å². The molecule has 0 atom stereocenters. The number of hydrogen-bond donors (Lipinski definition) is 1. The summed E-state index contributed by atoms with van der Waals surface area (Å²) < 4.78 is 11.7. The maximum absolute atomic E-state index is 11.9. The van der Waals surface area contributed by atoms with Crippen LogP contribution in [0.4, 0.5) is 0 Å². The summed E-state index contributed by atoms with van der Waals surface area (Å²) in [7, 11) is 1.60. The molecule has 0 radical (unpaired) electrons. The first-order valence-electron chi connectivity index (χ1n) is 7.93. The van der Waals surface area contributed by atoms with Crippen LogP contribution in [0.5, 0.6) is 11.5 Å². The molecule has 6 heteroatoms. The molecule has 0 spiro atoms. The Bertz CT molecular complexity index is 939.